The molecule has 0 fully saturated rings. The molecule has 3 nitrogen and oxygen atoms in total. The Kier molecular flexibility index (Phi) is 3.33. The lowest BCUT2D eigenvalue weighted by Crippen LogP contribution is -1.98. The van der Waals surface area contributed by atoms with E-state index in [1.807, 2.05) is 22.9 Å². The van der Waals surface area contributed by atoms with Crippen molar-refractivity contribution < 1.29 is 4.79 Å². The summed E-state index contributed by atoms with van der Waals surface area (Å²) in [4.78, 5) is 15.5. The molecule has 0 N–H and O–H groups in total. The van der Waals surface area contributed by atoms with Crippen LogP contribution in [0.25, 0.3) is 11.0 Å². The molecule has 94 valence electrons. The molecule has 0 saturated carbocycles. The van der Waals surface area contributed by atoms with Crippen molar-refractivity contribution in [2.75, 3.05) is 0 Å². The van der Waals surface area contributed by atoms with Crippen LogP contribution in [0.2, 0.25) is 0 Å². The summed E-state index contributed by atoms with van der Waals surface area (Å²) in [7, 11) is 0. The predicted molar refractivity (Wildman–Crippen MR) is 83.4 cm³/mol. The van der Waals surface area contributed by atoms with Gasteiger partial charge in [0.25, 0.3) is 0 Å². The zero-order valence-electron chi connectivity index (χ0n) is 10.1. The fourth-order valence-corrected chi connectivity index (χ4v) is 2.51. The summed E-state index contributed by atoms with van der Waals surface area (Å²) >= 11 is 2.29. The molecule has 3 aromatic rings. The second-order valence-corrected chi connectivity index (χ2v) is 5.58. The molecular formula is C15H11IN2O. The normalized spacial score (nSPS) is 10.8. The number of nitrogens with zero attached hydrogens (tertiary/aromatic N) is 2. The van der Waals surface area contributed by atoms with E-state index >= 15 is 0 Å². The van der Waals surface area contributed by atoms with Gasteiger partial charge >= 0.3 is 0 Å². The number of hydrogen-bond acceptors (Lipinski definition) is 2. The molecule has 3 rings (SSSR count). The number of hydrogen-bond donors (Lipinski definition) is 0. The predicted octanol–water partition coefficient (Wildman–Crippen LogP) is 3.50. The average Bonchev–Trinajstić information content (AvgIpc) is 2.80. The molecule has 2 aromatic heterocycles. The standard InChI is InChI=1S/C15H11IN2O/c16-13-5-3-11(4-6-13)8-18-9-12(10-19)14-2-1-7-17-15(14)18/h1-7,9-10H,8H2. The highest BCUT2D eigenvalue weighted by atomic mass is 127. The molecule has 0 saturated heterocycles. The highest BCUT2D eigenvalue weighted by molar-refractivity contribution is 14.1. The molecule has 4 heteroatoms. The van der Waals surface area contributed by atoms with Crippen molar-refractivity contribution >= 4 is 39.9 Å². The molecule has 19 heavy (non-hydrogen) atoms. The fourth-order valence-electron chi connectivity index (χ4n) is 2.15. The number of pyridine rings is 1. The van der Waals surface area contributed by atoms with Crippen molar-refractivity contribution in [1.82, 2.24) is 9.55 Å². The Morgan fingerprint density at radius 1 is 1.21 bits per heavy atom. The molecule has 0 aliphatic rings. The third-order valence-corrected chi connectivity index (χ3v) is 3.78. The molecule has 0 radical (unpaired) electrons. The van der Waals surface area contributed by atoms with Gasteiger partial charge in [0.05, 0.1) is 0 Å². The van der Waals surface area contributed by atoms with Crippen molar-refractivity contribution in [2.45, 2.75) is 6.54 Å². The molecule has 1 aromatic carbocycles. The van der Waals surface area contributed by atoms with Crippen LogP contribution in [-0.4, -0.2) is 15.8 Å². The Hall–Kier alpha value is -1.69. The summed E-state index contributed by atoms with van der Waals surface area (Å²) < 4.78 is 3.23. The summed E-state index contributed by atoms with van der Waals surface area (Å²) in [6.07, 6.45) is 4.50. The highest BCUT2D eigenvalue weighted by Gasteiger charge is 2.08. The number of aldehydes is 1. The molecular weight excluding hydrogens is 351 g/mol. The zero-order valence-corrected chi connectivity index (χ0v) is 12.2. The Bertz CT molecular complexity index is 731. The van der Waals surface area contributed by atoms with Gasteiger partial charge < -0.3 is 4.57 Å². The lowest BCUT2D eigenvalue weighted by atomic mass is 10.2. The first-order chi connectivity index (χ1) is 9.28. The Morgan fingerprint density at radius 2 is 2.00 bits per heavy atom. The number of carbonyl (C=O) groups excluding carboxylic acids is 1. The number of rotatable bonds is 3. The number of fused-ring (bicyclic) bond motifs is 1. The fraction of sp³-hybridized carbons (Fsp3) is 0.0667. The monoisotopic (exact) mass is 362 g/mol. The first-order valence-corrected chi connectivity index (χ1v) is 6.99. The van der Waals surface area contributed by atoms with Crippen molar-refractivity contribution in [1.29, 1.82) is 0 Å². The van der Waals surface area contributed by atoms with E-state index in [9.17, 15) is 4.79 Å². The van der Waals surface area contributed by atoms with Crippen LogP contribution in [-0.2, 0) is 6.54 Å². The van der Waals surface area contributed by atoms with Crippen LogP contribution >= 0.6 is 22.6 Å². The first kappa shape index (κ1) is 12.3. The van der Waals surface area contributed by atoms with Gasteiger partial charge in [-0.05, 0) is 52.4 Å². The van der Waals surface area contributed by atoms with E-state index in [0.29, 0.717) is 5.56 Å². The van der Waals surface area contributed by atoms with Crippen molar-refractivity contribution in [2.24, 2.45) is 0 Å². The number of carbonyl (C=O) groups is 1. The van der Waals surface area contributed by atoms with E-state index in [-0.39, 0.29) is 0 Å². The molecule has 0 atom stereocenters. The smallest absolute Gasteiger partial charge is 0.152 e. The van der Waals surface area contributed by atoms with Gasteiger partial charge in [0, 0.05) is 33.5 Å². The SMILES string of the molecule is O=Cc1cn(Cc2ccc(I)cc2)c2ncccc12. The minimum Gasteiger partial charge on any atom is -0.327 e. The van der Waals surface area contributed by atoms with E-state index in [1.165, 1.54) is 9.13 Å². The van der Waals surface area contributed by atoms with E-state index in [0.717, 1.165) is 23.9 Å². The Balaban J connectivity index is 2.05. The highest BCUT2D eigenvalue weighted by Crippen LogP contribution is 2.19. The zero-order chi connectivity index (χ0) is 13.2. The van der Waals surface area contributed by atoms with E-state index in [1.54, 1.807) is 6.20 Å². The van der Waals surface area contributed by atoms with Gasteiger partial charge in [-0.1, -0.05) is 12.1 Å². The van der Waals surface area contributed by atoms with Gasteiger partial charge in [0.1, 0.15) is 5.65 Å². The van der Waals surface area contributed by atoms with Crippen molar-refractivity contribution in [3.05, 3.63) is 63.5 Å². The van der Waals surface area contributed by atoms with Crippen LogP contribution in [0.1, 0.15) is 15.9 Å². The van der Waals surface area contributed by atoms with Gasteiger partial charge in [0.2, 0.25) is 0 Å². The van der Waals surface area contributed by atoms with Crippen molar-refractivity contribution in [3.63, 3.8) is 0 Å². The van der Waals surface area contributed by atoms with E-state index in [2.05, 4.69) is 51.8 Å². The molecule has 0 aliphatic heterocycles. The van der Waals surface area contributed by atoms with Crippen LogP contribution in [0.4, 0.5) is 0 Å². The summed E-state index contributed by atoms with van der Waals surface area (Å²) in [5.41, 5.74) is 2.73. The van der Waals surface area contributed by atoms with Gasteiger partial charge in [-0.25, -0.2) is 4.98 Å². The van der Waals surface area contributed by atoms with Gasteiger partial charge in [0.15, 0.2) is 6.29 Å². The van der Waals surface area contributed by atoms with E-state index < -0.39 is 0 Å². The molecule has 0 spiro atoms. The first-order valence-electron chi connectivity index (χ1n) is 5.91. The summed E-state index contributed by atoms with van der Waals surface area (Å²) in [5, 5.41) is 0.906. The maximum atomic E-state index is 11.1. The molecule has 0 bridgehead atoms. The number of halogens is 1. The molecule has 0 amide bonds. The molecule has 0 unspecified atom stereocenters. The lowest BCUT2D eigenvalue weighted by Gasteiger charge is -2.04. The summed E-state index contributed by atoms with van der Waals surface area (Å²) in [6.45, 7) is 0.721. The Morgan fingerprint density at radius 3 is 2.74 bits per heavy atom. The Labute approximate surface area is 124 Å². The topological polar surface area (TPSA) is 34.9 Å². The third-order valence-electron chi connectivity index (χ3n) is 3.06. The maximum Gasteiger partial charge on any atom is 0.152 e. The van der Waals surface area contributed by atoms with Crippen LogP contribution < -0.4 is 0 Å². The quantitative estimate of drug-likeness (QED) is 0.528. The number of benzene rings is 1. The van der Waals surface area contributed by atoms with Crippen LogP contribution in [0.3, 0.4) is 0 Å². The second-order valence-electron chi connectivity index (χ2n) is 4.33. The van der Waals surface area contributed by atoms with Crippen LogP contribution in [0, 0.1) is 3.57 Å². The minimum atomic E-state index is 0.689. The van der Waals surface area contributed by atoms with Gasteiger partial charge in [-0.3, -0.25) is 4.79 Å². The number of aromatic nitrogens is 2. The second kappa shape index (κ2) is 5.13. The van der Waals surface area contributed by atoms with Crippen molar-refractivity contribution in [3.8, 4) is 0 Å². The molecule has 2 heterocycles. The maximum absolute atomic E-state index is 11.1. The summed E-state index contributed by atoms with van der Waals surface area (Å²) in [6, 6.07) is 12.1. The minimum absolute atomic E-state index is 0.689. The lowest BCUT2D eigenvalue weighted by molar-refractivity contribution is 0.112. The van der Waals surface area contributed by atoms with Crippen LogP contribution in [0.15, 0.2) is 48.8 Å². The average molecular weight is 362 g/mol. The third kappa shape index (κ3) is 2.40. The van der Waals surface area contributed by atoms with Gasteiger partial charge in [-0.2, -0.15) is 0 Å². The van der Waals surface area contributed by atoms with Crippen LogP contribution in [0.5, 0.6) is 0 Å². The van der Waals surface area contributed by atoms with Gasteiger partial charge in [-0.15, -0.1) is 0 Å². The molecule has 0 aliphatic carbocycles. The van der Waals surface area contributed by atoms with E-state index in [4.69, 9.17) is 0 Å². The largest absolute Gasteiger partial charge is 0.327 e. The summed E-state index contributed by atoms with van der Waals surface area (Å²) in [5.74, 6) is 0.